The minimum Gasteiger partial charge on any atom is -0.481 e. The number of aromatic amines is 1. The fourth-order valence-corrected chi connectivity index (χ4v) is 1.76. The molecule has 1 aliphatic heterocycles. The smallest absolute Gasteiger partial charge is 0.309 e. The molecule has 0 aliphatic carbocycles. The number of hydrogen-bond acceptors (Lipinski definition) is 4. The molecule has 1 saturated heterocycles. The number of rotatable bonds is 3. The molecule has 6 nitrogen and oxygen atoms in total. The van der Waals surface area contributed by atoms with Gasteiger partial charge in [-0.25, -0.2) is 4.98 Å². The number of hydrazine groups is 1. The topological polar surface area (TPSA) is 90.0 Å². The van der Waals surface area contributed by atoms with Crippen LogP contribution in [0.3, 0.4) is 0 Å². The SMILES string of the molecule is CC1NNCC1c1ncc(CC(=O)O)[nH]1. The van der Waals surface area contributed by atoms with Gasteiger partial charge in [0.15, 0.2) is 0 Å². The molecule has 82 valence electrons. The van der Waals surface area contributed by atoms with Crippen LogP contribution in [0.5, 0.6) is 0 Å². The van der Waals surface area contributed by atoms with Crippen molar-refractivity contribution in [2.24, 2.45) is 0 Å². The molecule has 6 heteroatoms. The molecule has 1 aromatic rings. The lowest BCUT2D eigenvalue weighted by Crippen LogP contribution is -2.28. The summed E-state index contributed by atoms with van der Waals surface area (Å²) in [7, 11) is 0. The summed E-state index contributed by atoms with van der Waals surface area (Å²) in [6.45, 7) is 2.87. The van der Waals surface area contributed by atoms with Crippen molar-refractivity contribution in [3.05, 3.63) is 17.7 Å². The van der Waals surface area contributed by atoms with Gasteiger partial charge < -0.3 is 10.1 Å². The monoisotopic (exact) mass is 210 g/mol. The van der Waals surface area contributed by atoms with E-state index in [4.69, 9.17) is 5.11 Å². The van der Waals surface area contributed by atoms with E-state index in [2.05, 4.69) is 27.7 Å². The minimum atomic E-state index is -0.846. The molecule has 2 unspecified atom stereocenters. The van der Waals surface area contributed by atoms with Gasteiger partial charge in [0.25, 0.3) is 0 Å². The quantitative estimate of drug-likeness (QED) is 0.546. The highest BCUT2D eigenvalue weighted by molar-refractivity contribution is 5.69. The van der Waals surface area contributed by atoms with E-state index in [1.165, 1.54) is 0 Å². The molecule has 1 fully saturated rings. The molecule has 0 saturated carbocycles. The van der Waals surface area contributed by atoms with Gasteiger partial charge in [-0.15, -0.1) is 0 Å². The Morgan fingerprint density at radius 1 is 1.73 bits per heavy atom. The third-order valence-corrected chi connectivity index (χ3v) is 2.60. The van der Waals surface area contributed by atoms with Gasteiger partial charge in [-0.05, 0) is 6.92 Å². The molecule has 4 N–H and O–H groups in total. The van der Waals surface area contributed by atoms with E-state index in [9.17, 15) is 4.79 Å². The Kier molecular flexibility index (Phi) is 2.70. The van der Waals surface area contributed by atoms with Gasteiger partial charge in [0.1, 0.15) is 5.82 Å². The zero-order valence-corrected chi connectivity index (χ0v) is 8.45. The van der Waals surface area contributed by atoms with Crippen molar-refractivity contribution in [2.75, 3.05) is 6.54 Å². The fourth-order valence-electron chi connectivity index (χ4n) is 1.76. The first-order valence-corrected chi connectivity index (χ1v) is 4.91. The number of aromatic nitrogens is 2. The fraction of sp³-hybridized carbons (Fsp3) is 0.556. The second-order valence-electron chi connectivity index (χ2n) is 3.78. The van der Waals surface area contributed by atoms with E-state index in [1.807, 2.05) is 0 Å². The highest BCUT2D eigenvalue weighted by atomic mass is 16.4. The minimum absolute atomic E-state index is 0.00500. The normalized spacial score (nSPS) is 25.7. The van der Waals surface area contributed by atoms with Crippen molar-refractivity contribution in [3.63, 3.8) is 0 Å². The summed E-state index contributed by atoms with van der Waals surface area (Å²) >= 11 is 0. The Hall–Kier alpha value is -1.40. The Bertz CT molecular complexity index is 363. The van der Waals surface area contributed by atoms with E-state index in [0.717, 1.165) is 12.4 Å². The highest BCUT2D eigenvalue weighted by Gasteiger charge is 2.26. The number of imidazole rings is 1. The average Bonchev–Trinajstić information content (AvgIpc) is 2.72. The summed E-state index contributed by atoms with van der Waals surface area (Å²) in [5.41, 5.74) is 6.79. The molecule has 2 atom stereocenters. The Morgan fingerprint density at radius 3 is 3.13 bits per heavy atom. The summed E-state index contributed by atoms with van der Waals surface area (Å²) in [5, 5.41) is 8.62. The lowest BCUT2D eigenvalue weighted by molar-refractivity contribution is -0.136. The summed E-state index contributed by atoms with van der Waals surface area (Å²) in [6.07, 6.45) is 1.59. The molecule has 2 heterocycles. The van der Waals surface area contributed by atoms with Crippen molar-refractivity contribution in [1.82, 2.24) is 20.8 Å². The molecular weight excluding hydrogens is 196 g/mol. The number of carboxylic acid groups (broad SMARTS) is 1. The second-order valence-corrected chi connectivity index (χ2v) is 3.78. The molecule has 0 radical (unpaired) electrons. The molecular formula is C9H14N4O2. The average molecular weight is 210 g/mol. The van der Waals surface area contributed by atoms with Crippen molar-refractivity contribution in [1.29, 1.82) is 0 Å². The summed E-state index contributed by atoms with van der Waals surface area (Å²) in [6, 6.07) is 0.300. The van der Waals surface area contributed by atoms with Crippen LogP contribution in [-0.2, 0) is 11.2 Å². The molecule has 1 aromatic heterocycles. The van der Waals surface area contributed by atoms with Gasteiger partial charge in [0, 0.05) is 30.4 Å². The maximum atomic E-state index is 10.5. The zero-order chi connectivity index (χ0) is 10.8. The lowest BCUT2D eigenvalue weighted by atomic mass is 10.0. The zero-order valence-electron chi connectivity index (χ0n) is 8.45. The Morgan fingerprint density at radius 2 is 2.53 bits per heavy atom. The molecule has 0 amide bonds. The molecule has 2 rings (SSSR count). The van der Waals surface area contributed by atoms with Crippen LogP contribution in [0.25, 0.3) is 0 Å². The van der Waals surface area contributed by atoms with Gasteiger partial charge in [-0.3, -0.25) is 15.6 Å². The first-order valence-electron chi connectivity index (χ1n) is 4.91. The predicted molar refractivity (Wildman–Crippen MR) is 53.3 cm³/mol. The lowest BCUT2D eigenvalue weighted by Gasteiger charge is -2.09. The maximum Gasteiger partial charge on any atom is 0.309 e. The van der Waals surface area contributed by atoms with E-state index in [0.29, 0.717) is 11.7 Å². The first kappa shape index (κ1) is 10.1. The maximum absolute atomic E-state index is 10.5. The highest BCUT2D eigenvalue weighted by Crippen LogP contribution is 2.18. The van der Waals surface area contributed by atoms with Crippen LogP contribution in [-0.4, -0.2) is 33.6 Å². The number of nitrogens with one attached hydrogen (secondary N) is 3. The number of carboxylic acids is 1. The van der Waals surface area contributed by atoms with Gasteiger partial charge in [0.2, 0.25) is 0 Å². The van der Waals surface area contributed by atoms with Crippen LogP contribution in [0.15, 0.2) is 6.20 Å². The van der Waals surface area contributed by atoms with Gasteiger partial charge >= 0.3 is 5.97 Å². The van der Waals surface area contributed by atoms with Crippen LogP contribution < -0.4 is 10.9 Å². The van der Waals surface area contributed by atoms with E-state index in [-0.39, 0.29) is 12.3 Å². The van der Waals surface area contributed by atoms with Crippen molar-refractivity contribution >= 4 is 5.97 Å². The summed E-state index contributed by atoms with van der Waals surface area (Å²) < 4.78 is 0. The van der Waals surface area contributed by atoms with E-state index >= 15 is 0 Å². The third-order valence-electron chi connectivity index (χ3n) is 2.60. The van der Waals surface area contributed by atoms with Crippen molar-refractivity contribution in [2.45, 2.75) is 25.3 Å². The molecule has 15 heavy (non-hydrogen) atoms. The van der Waals surface area contributed by atoms with Crippen LogP contribution in [0, 0.1) is 0 Å². The summed E-state index contributed by atoms with van der Waals surface area (Å²) in [4.78, 5) is 17.7. The number of nitrogens with zero attached hydrogens (tertiary/aromatic N) is 1. The number of H-pyrrole nitrogens is 1. The standard InChI is InChI=1S/C9H14N4O2/c1-5-7(4-11-13-5)9-10-3-6(12-9)2-8(14)15/h3,5,7,11,13H,2,4H2,1H3,(H,10,12)(H,14,15). The first-order chi connectivity index (χ1) is 7.16. The molecule has 0 bridgehead atoms. The van der Waals surface area contributed by atoms with E-state index in [1.54, 1.807) is 6.20 Å². The summed E-state index contributed by atoms with van der Waals surface area (Å²) in [5.74, 6) is 0.268. The third kappa shape index (κ3) is 2.16. The van der Waals surface area contributed by atoms with Gasteiger partial charge in [-0.2, -0.15) is 0 Å². The van der Waals surface area contributed by atoms with Gasteiger partial charge in [0.05, 0.1) is 6.42 Å². The number of aliphatic carboxylic acids is 1. The van der Waals surface area contributed by atoms with Crippen LogP contribution in [0.2, 0.25) is 0 Å². The predicted octanol–water partition coefficient (Wildman–Crippen LogP) is -0.383. The Balaban J connectivity index is 2.09. The van der Waals surface area contributed by atoms with Crippen LogP contribution >= 0.6 is 0 Å². The Labute approximate surface area is 87.1 Å². The van der Waals surface area contributed by atoms with E-state index < -0.39 is 5.97 Å². The van der Waals surface area contributed by atoms with Crippen molar-refractivity contribution < 1.29 is 9.90 Å². The second kappa shape index (κ2) is 4.00. The molecule has 1 aliphatic rings. The van der Waals surface area contributed by atoms with Crippen molar-refractivity contribution in [3.8, 4) is 0 Å². The van der Waals surface area contributed by atoms with Crippen LogP contribution in [0.4, 0.5) is 0 Å². The molecule has 0 aromatic carbocycles. The van der Waals surface area contributed by atoms with Crippen LogP contribution in [0.1, 0.15) is 24.4 Å². The van der Waals surface area contributed by atoms with Gasteiger partial charge in [-0.1, -0.05) is 0 Å². The number of hydrogen-bond donors (Lipinski definition) is 4. The molecule has 0 spiro atoms. The largest absolute Gasteiger partial charge is 0.481 e. The number of carbonyl (C=O) groups is 1.